The summed E-state index contributed by atoms with van der Waals surface area (Å²) in [6.07, 6.45) is -0.358. The van der Waals surface area contributed by atoms with E-state index in [0.29, 0.717) is 42.4 Å². The van der Waals surface area contributed by atoms with E-state index in [1.165, 1.54) is 13.2 Å². The number of nitrogens with zero attached hydrogens (tertiary/aromatic N) is 1. The van der Waals surface area contributed by atoms with Crippen molar-refractivity contribution in [2.75, 3.05) is 20.3 Å². The Morgan fingerprint density at radius 2 is 2.07 bits per heavy atom. The second-order valence-corrected chi connectivity index (χ2v) is 11.6. The minimum Gasteiger partial charge on any atom is -0.658 e. The fraction of sp³-hybridized carbons (Fsp3) is 0.613. The first-order chi connectivity index (χ1) is 20.6. The van der Waals surface area contributed by atoms with Crippen LogP contribution in [0.1, 0.15) is 51.1 Å². The van der Waals surface area contributed by atoms with Gasteiger partial charge in [0.1, 0.15) is 17.8 Å². The summed E-state index contributed by atoms with van der Waals surface area (Å²) in [4.78, 5) is 28.9. The first-order valence-electron chi connectivity index (χ1n) is 14.7. The molecule has 5 N–H and O–H groups in total. The molecule has 2 bridgehead atoms. The van der Waals surface area contributed by atoms with Crippen LogP contribution in [0.3, 0.4) is 0 Å². The van der Waals surface area contributed by atoms with Crippen LogP contribution < -0.4 is 15.6 Å². The maximum Gasteiger partial charge on any atom is 0.333 e. The number of aliphatic carboxylic acids is 1. The molecule has 5 rings (SSSR count). The first-order valence-corrected chi connectivity index (χ1v) is 14.7. The van der Waals surface area contributed by atoms with Crippen molar-refractivity contribution in [2.45, 2.75) is 87.7 Å². The summed E-state index contributed by atoms with van der Waals surface area (Å²) in [6.45, 7) is 5.17. The Morgan fingerprint density at radius 3 is 2.70 bits per heavy atom. The van der Waals surface area contributed by atoms with Crippen molar-refractivity contribution in [2.24, 2.45) is 11.8 Å². The van der Waals surface area contributed by atoms with E-state index in [2.05, 4.69) is 6.58 Å². The highest BCUT2D eigenvalue weighted by molar-refractivity contribution is 5.90. The highest BCUT2D eigenvalue weighted by Crippen LogP contribution is 2.53. The number of carbonyl (C=O) groups is 2. The Labute approximate surface area is 248 Å². The Hall–Kier alpha value is -3.00. The van der Waals surface area contributed by atoms with Crippen LogP contribution in [0.15, 0.2) is 30.4 Å². The van der Waals surface area contributed by atoms with Gasteiger partial charge in [-0.15, -0.1) is 6.58 Å². The molecule has 3 heterocycles. The average molecular weight is 603 g/mol. The summed E-state index contributed by atoms with van der Waals surface area (Å²) in [5.41, 5.74) is -1.89. The number of aryl methyl sites for hydroxylation is 1. The van der Waals surface area contributed by atoms with Gasteiger partial charge in [-0.1, -0.05) is 36.9 Å². The Kier molecular flexibility index (Phi) is 8.90. The van der Waals surface area contributed by atoms with Crippen LogP contribution in [0, 0.1) is 11.8 Å². The number of aliphatic hydroxyl groups is 4. The molecule has 1 saturated heterocycles. The zero-order chi connectivity index (χ0) is 31.1. The quantitative estimate of drug-likeness (QED) is 0.160. The molecule has 2 aliphatic heterocycles. The molecular weight excluding hydrogens is 562 g/mol. The topological polar surface area (TPSA) is 186 Å². The number of methoxy groups -OCH3 is 1. The van der Waals surface area contributed by atoms with E-state index < -0.39 is 66.2 Å². The van der Waals surface area contributed by atoms with Crippen molar-refractivity contribution in [3.05, 3.63) is 46.6 Å². The van der Waals surface area contributed by atoms with E-state index in [0.717, 1.165) is 10.9 Å². The van der Waals surface area contributed by atoms with Gasteiger partial charge in [0, 0.05) is 30.4 Å². The smallest absolute Gasteiger partial charge is 0.333 e. The van der Waals surface area contributed by atoms with E-state index in [1.54, 1.807) is 6.08 Å². The van der Waals surface area contributed by atoms with Gasteiger partial charge in [-0.3, -0.25) is 4.79 Å². The lowest BCUT2D eigenvalue weighted by atomic mass is 9.63. The van der Waals surface area contributed by atoms with Gasteiger partial charge in [-0.25, -0.2) is 4.79 Å². The van der Waals surface area contributed by atoms with Crippen LogP contribution in [0.2, 0.25) is 0 Å². The number of hydrogen-bond acceptors (Lipinski definition) is 10. The zero-order valence-corrected chi connectivity index (χ0v) is 24.4. The molecule has 8 unspecified atom stereocenters. The zero-order valence-electron chi connectivity index (χ0n) is 24.4. The van der Waals surface area contributed by atoms with E-state index >= 15 is 0 Å². The summed E-state index contributed by atoms with van der Waals surface area (Å²) in [7, 11) is 1.22. The fourth-order valence-electron chi connectivity index (χ4n) is 7.22. The van der Waals surface area contributed by atoms with E-state index in [9.17, 15) is 35.1 Å². The standard InChI is InChI=1S/C31H40NO11/c1-4-16-13-20-21-10-11-30(39)28(38)31(21,43-23(7-6-12-33)26(20)32-16)24(15-34)42-29(30)41-22-9-8-18(27(37)40-3)19(14-25(35)36)17(22)5-2/h5,8,13,17,19,22,24,28-29,33-34,38-39H,2,4,6-7,9-12,14-15H2,1,3H3,(H,35,36)/q-1. The molecule has 12 heteroatoms. The van der Waals surface area contributed by atoms with Crippen LogP contribution in [0.25, 0.3) is 11.3 Å². The highest BCUT2D eigenvalue weighted by Gasteiger charge is 2.69. The minimum absolute atomic E-state index is 0.0444. The van der Waals surface area contributed by atoms with Crippen molar-refractivity contribution in [1.82, 2.24) is 4.98 Å². The molecule has 4 aliphatic rings. The van der Waals surface area contributed by atoms with Gasteiger partial charge in [0.15, 0.2) is 11.9 Å². The maximum atomic E-state index is 12.4. The van der Waals surface area contributed by atoms with Gasteiger partial charge in [0.25, 0.3) is 0 Å². The summed E-state index contributed by atoms with van der Waals surface area (Å²) < 4.78 is 24.0. The molecule has 2 aliphatic carbocycles. The number of fused-ring (bicyclic) bond motifs is 2. The molecule has 1 saturated carbocycles. The lowest BCUT2D eigenvalue weighted by Crippen LogP contribution is -2.78. The van der Waals surface area contributed by atoms with Gasteiger partial charge in [0.05, 0.1) is 32.0 Å². The average Bonchev–Trinajstić information content (AvgIpc) is 3.43. The van der Waals surface area contributed by atoms with Gasteiger partial charge < -0.3 is 49.5 Å². The lowest BCUT2D eigenvalue weighted by molar-refractivity contribution is -0.372. The summed E-state index contributed by atoms with van der Waals surface area (Å²) in [5, 5.41) is 55.2. The van der Waals surface area contributed by atoms with Crippen LogP contribution in [-0.4, -0.2) is 93.6 Å². The molecule has 1 spiro atoms. The van der Waals surface area contributed by atoms with E-state index in [1.807, 2.05) is 13.0 Å². The van der Waals surface area contributed by atoms with Crippen LogP contribution in [-0.2, 0) is 35.0 Å². The summed E-state index contributed by atoms with van der Waals surface area (Å²) in [5.74, 6) is -2.80. The number of aliphatic hydroxyl groups excluding tert-OH is 3. The summed E-state index contributed by atoms with van der Waals surface area (Å²) >= 11 is 0. The SMILES string of the molecule is C=CC1C(OC2OC(CO)C34OC(CCCO)=c5[n-]c(CC)cc5=C3CCC2(O)C4O)CC=C(C(=O)OC)C1CC(=O)O. The van der Waals surface area contributed by atoms with Crippen molar-refractivity contribution >= 4 is 23.3 Å². The molecule has 2 fully saturated rings. The molecule has 1 aromatic rings. The monoisotopic (exact) mass is 602 g/mol. The van der Waals surface area contributed by atoms with E-state index in [4.69, 9.17) is 23.9 Å². The number of ether oxygens (including phenoxy) is 4. The third-order valence-corrected chi connectivity index (χ3v) is 9.34. The number of carboxylic acids is 1. The molecule has 0 amide bonds. The molecule has 12 nitrogen and oxygen atoms in total. The molecular formula is C31H40NO11-. The number of hydrogen-bond donors (Lipinski definition) is 5. The van der Waals surface area contributed by atoms with Crippen LogP contribution >= 0.6 is 0 Å². The second kappa shape index (κ2) is 12.2. The fourth-order valence-corrected chi connectivity index (χ4v) is 7.22. The number of esters is 1. The molecule has 1 aromatic heterocycles. The third kappa shape index (κ3) is 5.03. The maximum absolute atomic E-state index is 12.4. The third-order valence-electron chi connectivity index (χ3n) is 9.34. The second-order valence-electron chi connectivity index (χ2n) is 11.6. The summed E-state index contributed by atoms with van der Waals surface area (Å²) in [6, 6.07) is 1.94. The number of aromatic nitrogens is 1. The van der Waals surface area contributed by atoms with Crippen molar-refractivity contribution < 1.29 is 54.1 Å². The minimum atomic E-state index is -1.97. The number of carboxylic acid groups (broad SMARTS) is 1. The molecule has 236 valence electrons. The molecule has 0 aromatic carbocycles. The van der Waals surface area contributed by atoms with Gasteiger partial charge in [-0.2, -0.15) is 5.69 Å². The Morgan fingerprint density at radius 1 is 1.30 bits per heavy atom. The number of carbonyl (C=O) groups excluding carboxylic acids is 1. The van der Waals surface area contributed by atoms with Gasteiger partial charge >= 0.3 is 11.9 Å². The predicted octanol–water partition coefficient (Wildman–Crippen LogP) is -0.609. The van der Waals surface area contributed by atoms with Gasteiger partial charge in [0.2, 0.25) is 0 Å². The highest BCUT2D eigenvalue weighted by atomic mass is 16.7. The van der Waals surface area contributed by atoms with Crippen LogP contribution in [0.4, 0.5) is 0 Å². The Balaban J connectivity index is 1.53. The largest absolute Gasteiger partial charge is 0.658 e. The van der Waals surface area contributed by atoms with Crippen molar-refractivity contribution in [3.63, 3.8) is 0 Å². The lowest BCUT2D eigenvalue weighted by Gasteiger charge is -2.60. The van der Waals surface area contributed by atoms with Crippen LogP contribution in [0.5, 0.6) is 0 Å². The molecule has 8 atom stereocenters. The van der Waals surface area contributed by atoms with E-state index in [-0.39, 0.29) is 31.4 Å². The normalized spacial score (nSPS) is 34.9. The van der Waals surface area contributed by atoms with Crippen molar-refractivity contribution in [3.8, 4) is 0 Å². The molecule has 43 heavy (non-hydrogen) atoms. The first kappa shape index (κ1) is 31.4. The molecule has 0 radical (unpaired) electrons. The van der Waals surface area contributed by atoms with Crippen molar-refractivity contribution in [1.29, 1.82) is 0 Å². The predicted molar refractivity (Wildman–Crippen MR) is 150 cm³/mol. The van der Waals surface area contributed by atoms with Gasteiger partial charge in [-0.05, 0) is 36.5 Å². The number of rotatable bonds is 11. The Bertz CT molecular complexity index is 1410.